The first-order valence-electron chi connectivity index (χ1n) is 5.30. The summed E-state index contributed by atoms with van der Waals surface area (Å²) in [5.74, 6) is 1.07. The van der Waals surface area contributed by atoms with Crippen molar-refractivity contribution in [3.05, 3.63) is 18.3 Å². The van der Waals surface area contributed by atoms with Crippen LogP contribution in [0.2, 0.25) is 0 Å². The Balaban J connectivity index is 2.29. The summed E-state index contributed by atoms with van der Waals surface area (Å²) in [7, 11) is 0. The number of carbonyl (C=O) groups excluding carboxylic acids is 1. The van der Waals surface area contributed by atoms with Crippen LogP contribution in [0, 0.1) is 5.92 Å². The molecule has 0 aliphatic rings. The highest BCUT2D eigenvalue weighted by Gasteiger charge is 2.02. The molecule has 0 saturated heterocycles. The molecule has 1 aromatic heterocycles. The standard InChI is InChI=1S/C11H18N4O/c1-8(2)5-15-11(16)7-14-10-4-3-9(12)6-13-10/h3-4,6,8H,5,7,12H2,1-2H3,(H,13,14)(H,15,16). The van der Waals surface area contributed by atoms with Crippen LogP contribution in [0.1, 0.15) is 13.8 Å². The van der Waals surface area contributed by atoms with E-state index in [2.05, 4.69) is 29.5 Å². The molecule has 0 radical (unpaired) electrons. The fourth-order valence-electron chi connectivity index (χ4n) is 1.06. The minimum absolute atomic E-state index is 0.0349. The van der Waals surface area contributed by atoms with Crippen LogP contribution in [0.5, 0.6) is 0 Å². The van der Waals surface area contributed by atoms with E-state index in [1.807, 2.05) is 0 Å². The molecule has 0 unspecified atom stereocenters. The molecule has 1 amide bonds. The quantitative estimate of drug-likeness (QED) is 0.690. The minimum atomic E-state index is -0.0349. The third kappa shape index (κ3) is 4.63. The third-order valence-electron chi connectivity index (χ3n) is 1.92. The van der Waals surface area contributed by atoms with E-state index >= 15 is 0 Å². The van der Waals surface area contributed by atoms with E-state index in [4.69, 9.17) is 5.73 Å². The van der Waals surface area contributed by atoms with E-state index in [0.717, 1.165) is 0 Å². The van der Waals surface area contributed by atoms with Gasteiger partial charge in [0.1, 0.15) is 5.82 Å². The maximum atomic E-state index is 11.4. The fraction of sp³-hybridized carbons (Fsp3) is 0.455. The Morgan fingerprint density at radius 2 is 2.25 bits per heavy atom. The molecule has 1 heterocycles. The molecule has 0 fully saturated rings. The van der Waals surface area contributed by atoms with Crippen LogP contribution >= 0.6 is 0 Å². The lowest BCUT2D eigenvalue weighted by molar-refractivity contribution is -0.119. The first kappa shape index (κ1) is 12.3. The van der Waals surface area contributed by atoms with Gasteiger partial charge in [-0.3, -0.25) is 4.79 Å². The van der Waals surface area contributed by atoms with Gasteiger partial charge in [-0.05, 0) is 18.1 Å². The Morgan fingerprint density at radius 3 is 2.81 bits per heavy atom. The third-order valence-corrected chi connectivity index (χ3v) is 1.92. The Kier molecular flexibility index (Phi) is 4.57. The largest absolute Gasteiger partial charge is 0.397 e. The maximum Gasteiger partial charge on any atom is 0.239 e. The van der Waals surface area contributed by atoms with Crippen molar-refractivity contribution in [3.8, 4) is 0 Å². The number of rotatable bonds is 5. The van der Waals surface area contributed by atoms with E-state index in [1.54, 1.807) is 18.3 Å². The van der Waals surface area contributed by atoms with Gasteiger partial charge in [0.15, 0.2) is 0 Å². The number of anilines is 2. The normalized spacial score (nSPS) is 10.2. The highest BCUT2D eigenvalue weighted by atomic mass is 16.1. The topological polar surface area (TPSA) is 80.0 Å². The number of pyridine rings is 1. The van der Waals surface area contributed by atoms with Crippen molar-refractivity contribution in [3.63, 3.8) is 0 Å². The molecule has 0 aromatic carbocycles. The number of hydrogen-bond donors (Lipinski definition) is 3. The van der Waals surface area contributed by atoms with Crippen molar-refractivity contribution in [2.45, 2.75) is 13.8 Å². The zero-order chi connectivity index (χ0) is 12.0. The molecule has 88 valence electrons. The van der Waals surface area contributed by atoms with E-state index in [9.17, 15) is 4.79 Å². The van der Waals surface area contributed by atoms with Gasteiger partial charge >= 0.3 is 0 Å². The van der Waals surface area contributed by atoms with E-state index in [0.29, 0.717) is 24.0 Å². The highest BCUT2D eigenvalue weighted by molar-refractivity contribution is 5.80. The first-order valence-corrected chi connectivity index (χ1v) is 5.30. The van der Waals surface area contributed by atoms with Crippen LogP contribution in [0.15, 0.2) is 18.3 Å². The summed E-state index contributed by atoms with van der Waals surface area (Å²) >= 11 is 0. The lowest BCUT2D eigenvalue weighted by Gasteiger charge is -2.08. The summed E-state index contributed by atoms with van der Waals surface area (Å²) in [5.41, 5.74) is 6.10. The summed E-state index contributed by atoms with van der Waals surface area (Å²) in [4.78, 5) is 15.4. The van der Waals surface area contributed by atoms with Gasteiger partial charge in [0.2, 0.25) is 5.91 Å². The van der Waals surface area contributed by atoms with Crippen molar-refractivity contribution < 1.29 is 4.79 Å². The van der Waals surface area contributed by atoms with Crippen LogP contribution < -0.4 is 16.4 Å². The molecular formula is C11H18N4O. The second-order valence-corrected chi connectivity index (χ2v) is 4.03. The van der Waals surface area contributed by atoms with Crippen molar-refractivity contribution in [2.75, 3.05) is 24.1 Å². The summed E-state index contributed by atoms with van der Waals surface area (Å²) in [5, 5.41) is 5.73. The second kappa shape index (κ2) is 5.95. The Hall–Kier alpha value is -1.78. The molecule has 0 saturated carbocycles. The fourth-order valence-corrected chi connectivity index (χ4v) is 1.06. The van der Waals surface area contributed by atoms with Crippen LogP contribution in [0.3, 0.4) is 0 Å². The average Bonchev–Trinajstić information content (AvgIpc) is 2.25. The van der Waals surface area contributed by atoms with Crippen LogP contribution in [0.25, 0.3) is 0 Å². The van der Waals surface area contributed by atoms with Crippen molar-refractivity contribution in [1.82, 2.24) is 10.3 Å². The number of nitrogens with two attached hydrogens (primary N) is 1. The van der Waals surface area contributed by atoms with Crippen molar-refractivity contribution in [2.24, 2.45) is 5.92 Å². The van der Waals surface area contributed by atoms with E-state index < -0.39 is 0 Å². The van der Waals surface area contributed by atoms with Crippen molar-refractivity contribution >= 4 is 17.4 Å². The lowest BCUT2D eigenvalue weighted by atomic mass is 10.2. The predicted molar refractivity (Wildman–Crippen MR) is 65.0 cm³/mol. The molecule has 0 spiro atoms. The number of aromatic nitrogens is 1. The summed E-state index contributed by atoms with van der Waals surface area (Å²) < 4.78 is 0. The monoisotopic (exact) mass is 222 g/mol. The molecule has 0 bridgehead atoms. The lowest BCUT2D eigenvalue weighted by Crippen LogP contribution is -2.32. The van der Waals surface area contributed by atoms with Gasteiger partial charge in [-0.15, -0.1) is 0 Å². The molecule has 4 N–H and O–H groups in total. The minimum Gasteiger partial charge on any atom is -0.397 e. The Bertz CT molecular complexity index is 334. The smallest absolute Gasteiger partial charge is 0.239 e. The van der Waals surface area contributed by atoms with Gasteiger partial charge in [-0.1, -0.05) is 13.8 Å². The molecule has 16 heavy (non-hydrogen) atoms. The summed E-state index contributed by atoms with van der Waals surface area (Å²) in [6.07, 6.45) is 1.55. The zero-order valence-electron chi connectivity index (χ0n) is 9.66. The average molecular weight is 222 g/mol. The van der Waals surface area contributed by atoms with Gasteiger partial charge in [-0.25, -0.2) is 4.98 Å². The van der Waals surface area contributed by atoms with E-state index in [-0.39, 0.29) is 12.5 Å². The van der Waals surface area contributed by atoms with Gasteiger partial charge in [0, 0.05) is 6.54 Å². The highest BCUT2D eigenvalue weighted by Crippen LogP contribution is 2.04. The molecule has 5 heteroatoms. The molecular weight excluding hydrogens is 204 g/mol. The van der Waals surface area contributed by atoms with Crippen LogP contribution in [-0.4, -0.2) is 24.0 Å². The second-order valence-electron chi connectivity index (χ2n) is 4.03. The van der Waals surface area contributed by atoms with Crippen LogP contribution in [-0.2, 0) is 4.79 Å². The van der Waals surface area contributed by atoms with Gasteiger partial charge in [-0.2, -0.15) is 0 Å². The number of amides is 1. The van der Waals surface area contributed by atoms with Crippen molar-refractivity contribution in [1.29, 1.82) is 0 Å². The molecule has 5 nitrogen and oxygen atoms in total. The molecule has 0 aliphatic heterocycles. The Morgan fingerprint density at radius 1 is 1.50 bits per heavy atom. The Labute approximate surface area is 95.4 Å². The number of hydrogen-bond acceptors (Lipinski definition) is 4. The van der Waals surface area contributed by atoms with E-state index in [1.165, 1.54) is 0 Å². The van der Waals surface area contributed by atoms with Gasteiger partial charge < -0.3 is 16.4 Å². The molecule has 0 atom stereocenters. The first-order chi connectivity index (χ1) is 7.58. The predicted octanol–water partition coefficient (Wildman–Crippen LogP) is 0.848. The summed E-state index contributed by atoms with van der Waals surface area (Å²) in [6, 6.07) is 3.48. The van der Waals surface area contributed by atoms with Gasteiger partial charge in [0.05, 0.1) is 18.4 Å². The zero-order valence-corrected chi connectivity index (χ0v) is 9.66. The molecule has 1 aromatic rings. The number of carbonyl (C=O) groups is 1. The molecule has 1 rings (SSSR count). The maximum absolute atomic E-state index is 11.4. The summed E-state index contributed by atoms with van der Waals surface area (Å²) in [6.45, 7) is 5.02. The molecule has 0 aliphatic carbocycles. The van der Waals surface area contributed by atoms with Crippen LogP contribution in [0.4, 0.5) is 11.5 Å². The number of nitrogens with one attached hydrogen (secondary N) is 2. The number of nitrogen functional groups attached to an aromatic ring is 1. The number of nitrogens with zero attached hydrogens (tertiary/aromatic N) is 1. The van der Waals surface area contributed by atoms with Gasteiger partial charge in [0.25, 0.3) is 0 Å². The SMILES string of the molecule is CC(C)CNC(=O)CNc1ccc(N)cn1.